The number of thioether (sulfide) groups is 1. The van der Waals surface area contributed by atoms with Gasteiger partial charge >= 0.3 is 0 Å². The minimum atomic E-state index is 0.948. The first kappa shape index (κ1) is 16.7. The normalized spacial score (nSPS) is 11.0. The number of hydrogen-bond donors (Lipinski definition) is 1. The zero-order chi connectivity index (χ0) is 18.1. The van der Waals surface area contributed by atoms with Crippen LogP contribution in [0.25, 0.3) is 16.9 Å². The minimum absolute atomic E-state index is 0.948. The summed E-state index contributed by atoms with van der Waals surface area (Å²) < 4.78 is 2.12. The molecular weight excluding hydrogens is 338 g/mol. The molecule has 0 aliphatic rings. The van der Waals surface area contributed by atoms with Crippen LogP contribution in [0.5, 0.6) is 0 Å². The second-order valence-electron chi connectivity index (χ2n) is 6.46. The van der Waals surface area contributed by atoms with Crippen LogP contribution in [0.2, 0.25) is 0 Å². The van der Waals surface area contributed by atoms with Gasteiger partial charge in [-0.15, -0.1) is 11.8 Å². The molecule has 2 aromatic carbocycles. The van der Waals surface area contributed by atoms with E-state index in [0.29, 0.717) is 0 Å². The Kier molecular flexibility index (Phi) is 4.43. The number of hydrogen-bond acceptors (Lipinski definition) is 3. The summed E-state index contributed by atoms with van der Waals surface area (Å²) in [6.45, 7) is 4.19. The number of rotatable bonds is 4. The van der Waals surface area contributed by atoms with Crippen LogP contribution < -0.4 is 5.32 Å². The molecule has 2 aromatic heterocycles. The second kappa shape index (κ2) is 6.89. The van der Waals surface area contributed by atoms with Crippen LogP contribution in [0.15, 0.2) is 71.8 Å². The van der Waals surface area contributed by atoms with Crippen molar-refractivity contribution >= 4 is 28.9 Å². The van der Waals surface area contributed by atoms with Crippen LogP contribution in [0.1, 0.15) is 11.1 Å². The van der Waals surface area contributed by atoms with Gasteiger partial charge in [0.1, 0.15) is 17.2 Å². The maximum atomic E-state index is 4.91. The number of fused-ring (bicyclic) bond motifs is 1. The summed E-state index contributed by atoms with van der Waals surface area (Å²) >= 11 is 1.75. The fourth-order valence-corrected chi connectivity index (χ4v) is 3.40. The molecule has 26 heavy (non-hydrogen) atoms. The van der Waals surface area contributed by atoms with Gasteiger partial charge < -0.3 is 5.32 Å². The van der Waals surface area contributed by atoms with Crippen molar-refractivity contribution in [1.29, 1.82) is 0 Å². The third kappa shape index (κ3) is 3.20. The van der Waals surface area contributed by atoms with Gasteiger partial charge in [-0.2, -0.15) is 0 Å². The molecule has 0 spiro atoms. The Labute approximate surface area is 158 Å². The molecule has 4 rings (SSSR count). The Morgan fingerprint density at radius 2 is 1.62 bits per heavy atom. The number of imidazole rings is 1. The first-order chi connectivity index (χ1) is 12.6. The lowest BCUT2D eigenvalue weighted by Crippen LogP contribution is -1.97. The van der Waals surface area contributed by atoms with E-state index < -0.39 is 0 Å². The largest absolute Gasteiger partial charge is 0.339 e. The Morgan fingerprint density at radius 3 is 2.31 bits per heavy atom. The highest BCUT2D eigenvalue weighted by Gasteiger charge is 2.14. The van der Waals surface area contributed by atoms with Gasteiger partial charge in [0.25, 0.3) is 0 Å². The van der Waals surface area contributed by atoms with Gasteiger partial charge in [-0.25, -0.2) is 4.98 Å². The van der Waals surface area contributed by atoms with E-state index >= 15 is 0 Å². The van der Waals surface area contributed by atoms with Crippen molar-refractivity contribution in [2.45, 2.75) is 18.7 Å². The van der Waals surface area contributed by atoms with Gasteiger partial charge in [-0.05, 0) is 62.1 Å². The first-order valence-corrected chi connectivity index (χ1v) is 9.83. The molecule has 0 atom stereocenters. The smallest absolute Gasteiger partial charge is 0.143 e. The topological polar surface area (TPSA) is 29.3 Å². The van der Waals surface area contributed by atoms with Crippen molar-refractivity contribution in [3.8, 4) is 11.3 Å². The highest BCUT2D eigenvalue weighted by molar-refractivity contribution is 7.98. The summed E-state index contributed by atoms with van der Waals surface area (Å²) in [6.07, 6.45) is 4.17. The summed E-state index contributed by atoms with van der Waals surface area (Å²) in [4.78, 5) is 6.16. The van der Waals surface area contributed by atoms with Crippen LogP contribution in [-0.2, 0) is 0 Å². The summed E-state index contributed by atoms with van der Waals surface area (Å²) in [5, 5.41) is 3.56. The van der Waals surface area contributed by atoms with Crippen molar-refractivity contribution < 1.29 is 0 Å². The highest BCUT2D eigenvalue weighted by Crippen LogP contribution is 2.32. The Morgan fingerprint density at radius 1 is 0.885 bits per heavy atom. The molecule has 4 heteroatoms. The maximum Gasteiger partial charge on any atom is 0.143 e. The number of aromatic nitrogens is 2. The van der Waals surface area contributed by atoms with Gasteiger partial charge in [0.05, 0.1) is 0 Å². The van der Waals surface area contributed by atoms with E-state index in [0.717, 1.165) is 28.4 Å². The average molecular weight is 359 g/mol. The summed E-state index contributed by atoms with van der Waals surface area (Å²) in [6, 6.07) is 21.2. The fourth-order valence-electron chi connectivity index (χ4n) is 2.99. The summed E-state index contributed by atoms with van der Waals surface area (Å²) in [5.74, 6) is 0.987. The van der Waals surface area contributed by atoms with E-state index in [-0.39, 0.29) is 0 Å². The zero-order valence-electron chi connectivity index (χ0n) is 15.2. The van der Waals surface area contributed by atoms with E-state index in [2.05, 4.69) is 96.7 Å². The van der Waals surface area contributed by atoms with Crippen molar-refractivity contribution in [3.05, 3.63) is 78.0 Å². The van der Waals surface area contributed by atoms with E-state index in [9.17, 15) is 0 Å². The monoisotopic (exact) mass is 359 g/mol. The predicted molar refractivity (Wildman–Crippen MR) is 112 cm³/mol. The third-order valence-corrected chi connectivity index (χ3v) is 5.20. The number of anilines is 2. The lowest BCUT2D eigenvalue weighted by molar-refractivity contribution is 1.17. The van der Waals surface area contributed by atoms with Crippen molar-refractivity contribution in [2.24, 2.45) is 0 Å². The van der Waals surface area contributed by atoms with E-state index in [1.165, 1.54) is 16.0 Å². The molecular formula is C22H21N3S. The molecule has 0 aliphatic carbocycles. The standard InChI is InChI=1S/C22H21N3S/c1-15-4-8-18(9-5-15)23-22-21(17-6-10-19(26-3)11-7-17)24-20-14-16(2)12-13-25(20)22/h4-14,23H,1-3H3. The SMILES string of the molecule is CSc1ccc(-c2nc3cc(C)ccn3c2Nc2ccc(C)cc2)cc1. The van der Waals surface area contributed by atoms with Crippen molar-refractivity contribution in [1.82, 2.24) is 9.38 Å². The third-order valence-electron chi connectivity index (χ3n) is 4.46. The van der Waals surface area contributed by atoms with Crippen LogP contribution in [-0.4, -0.2) is 15.6 Å². The Bertz CT molecular complexity index is 1050. The molecule has 0 saturated carbocycles. The van der Waals surface area contributed by atoms with Gasteiger partial charge in [0.15, 0.2) is 0 Å². The molecule has 3 nitrogen and oxygen atoms in total. The van der Waals surface area contributed by atoms with Crippen LogP contribution in [0, 0.1) is 13.8 Å². The van der Waals surface area contributed by atoms with Gasteiger partial charge in [0.2, 0.25) is 0 Å². The molecule has 0 amide bonds. The van der Waals surface area contributed by atoms with Crippen LogP contribution in [0.3, 0.4) is 0 Å². The maximum absolute atomic E-state index is 4.91. The predicted octanol–water partition coefficient (Wildman–Crippen LogP) is 6.08. The number of pyridine rings is 1. The molecule has 0 bridgehead atoms. The second-order valence-corrected chi connectivity index (χ2v) is 7.34. The van der Waals surface area contributed by atoms with Gasteiger partial charge in [0, 0.05) is 22.3 Å². The molecule has 0 radical (unpaired) electrons. The first-order valence-electron chi connectivity index (χ1n) is 8.61. The zero-order valence-corrected chi connectivity index (χ0v) is 16.0. The average Bonchev–Trinajstić information content (AvgIpc) is 3.01. The minimum Gasteiger partial charge on any atom is -0.339 e. The highest BCUT2D eigenvalue weighted by atomic mass is 32.2. The number of nitrogens with one attached hydrogen (secondary N) is 1. The summed E-state index contributed by atoms with van der Waals surface area (Å²) in [7, 11) is 0. The van der Waals surface area contributed by atoms with Crippen LogP contribution in [0.4, 0.5) is 11.5 Å². The lowest BCUT2D eigenvalue weighted by Gasteiger charge is -2.10. The van der Waals surface area contributed by atoms with E-state index in [4.69, 9.17) is 4.98 Å². The number of benzene rings is 2. The number of nitrogens with zero attached hydrogens (tertiary/aromatic N) is 2. The van der Waals surface area contributed by atoms with Crippen LogP contribution >= 0.6 is 11.8 Å². The summed E-state index contributed by atoms with van der Waals surface area (Å²) in [5.41, 5.74) is 6.52. The molecule has 0 aliphatic heterocycles. The molecule has 0 unspecified atom stereocenters. The van der Waals surface area contributed by atoms with Crippen molar-refractivity contribution in [2.75, 3.05) is 11.6 Å². The van der Waals surface area contributed by atoms with Crippen molar-refractivity contribution in [3.63, 3.8) is 0 Å². The molecule has 130 valence electrons. The molecule has 0 saturated heterocycles. The molecule has 2 heterocycles. The van der Waals surface area contributed by atoms with E-state index in [1.54, 1.807) is 11.8 Å². The lowest BCUT2D eigenvalue weighted by atomic mass is 10.1. The fraction of sp³-hybridized carbons (Fsp3) is 0.136. The van der Waals surface area contributed by atoms with E-state index in [1.807, 2.05) is 0 Å². The van der Waals surface area contributed by atoms with Gasteiger partial charge in [-0.1, -0.05) is 29.8 Å². The molecule has 4 aromatic rings. The molecule has 0 fully saturated rings. The Hall–Kier alpha value is -2.72. The molecule has 1 N–H and O–H groups in total. The van der Waals surface area contributed by atoms with Gasteiger partial charge in [-0.3, -0.25) is 4.40 Å². The quantitative estimate of drug-likeness (QED) is 0.448. The number of aryl methyl sites for hydroxylation is 2. The Balaban J connectivity index is 1.85.